The standard InChI is InChI=1S/C36H35F2N5O11S2/c37-23-2-6-25(7-3-23)52-29-18-40(19-29)42(55(48)49)33-11-1-22(13-31(33)35(44)45)15-39-16-28(17-39)54-27-10-12-34(32(14-27)36(46)47)43(56(50)51)41-20-30(21-41)53-26-8-4-24(38)5-9-26/h1-14,28-30H,15-21H2,(H,44,45)(H,46,47)(H,48,49)(H,50,51)/p-2. The number of ether oxygens (including phenoxy) is 3. The lowest BCUT2D eigenvalue weighted by Crippen LogP contribution is -2.61. The number of nitrogens with zero attached hydrogens (tertiary/aromatic N) is 5. The molecule has 3 saturated heterocycles. The van der Waals surface area contributed by atoms with Gasteiger partial charge in [-0.05, 0) is 84.4 Å². The highest BCUT2D eigenvalue weighted by Gasteiger charge is 2.37. The van der Waals surface area contributed by atoms with Gasteiger partial charge in [0.2, 0.25) is 0 Å². The summed E-state index contributed by atoms with van der Waals surface area (Å²) in [6.45, 7) is 1.64. The fourth-order valence-electron chi connectivity index (χ4n) is 6.47. The zero-order chi connectivity index (χ0) is 39.7. The van der Waals surface area contributed by atoms with E-state index < -0.39 is 58.3 Å². The van der Waals surface area contributed by atoms with Crippen molar-refractivity contribution in [3.05, 3.63) is 113 Å². The van der Waals surface area contributed by atoms with Crippen molar-refractivity contribution in [3.8, 4) is 17.2 Å². The SMILES string of the molecule is O=C(O)c1cc(CN2CC(Oc3ccc(N(N4CC(Oc5ccc(F)cc5)C4)S(=O)[O-])c(C(=O)O)c3)C2)ccc1N(N1CC(Oc2ccc(F)cc2)C1)S(=O)[O-]. The number of likely N-dealkylation sites (tertiary alicyclic amines) is 1. The molecule has 3 aliphatic heterocycles. The normalized spacial score (nSPS) is 17.9. The average molecular weight is 814 g/mol. The molecule has 16 nitrogen and oxygen atoms in total. The maximum atomic E-state index is 13.2. The van der Waals surface area contributed by atoms with Crippen LogP contribution in [0.5, 0.6) is 17.2 Å². The number of carboxylic acids is 2. The molecule has 296 valence electrons. The smallest absolute Gasteiger partial charge is 0.338 e. The third-order valence-corrected chi connectivity index (χ3v) is 10.6. The number of aromatic carboxylic acids is 2. The molecule has 0 aromatic heterocycles. The van der Waals surface area contributed by atoms with E-state index >= 15 is 0 Å². The molecule has 0 radical (unpaired) electrons. The lowest BCUT2D eigenvalue weighted by atomic mass is 10.1. The van der Waals surface area contributed by atoms with Gasteiger partial charge in [-0.25, -0.2) is 37.2 Å². The van der Waals surface area contributed by atoms with Gasteiger partial charge in [-0.2, -0.15) is 0 Å². The van der Waals surface area contributed by atoms with E-state index in [-0.39, 0.29) is 60.5 Å². The number of carbonyl (C=O) groups is 2. The molecule has 0 spiro atoms. The van der Waals surface area contributed by atoms with Crippen LogP contribution in [0, 0.1) is 11.6 Å². The van der Waals surface area contributed by atoms with Crippen LogP contribution in [0.1, 0.15) is 26.3 Å². The summed E-state index contributed by atoms with van der Waals surface area (Å²) in [4.78, 5) is 26.5. The minimum atomic E-state index is -2.87. The fourth-order valence-corrected chi connectivity index (χ4v) is 7.75. The van der Waals surface area contributed by atoms with E-state index in [0.717, 1.165) is 8.83 Å². The van der Waals surface area contributed by atoms with Crippen LogP contribution in [-0.2, 0) is 29.1 Å². The van der Waals surface area contributed by atoms with Gasteiger partial charge in [-0.1, -0.05) is 6.07 Å². The second kappa shape index (κ2) is 16.5. The Balaban J connectivity index is 0.942. The first-order valence-corrected chi connectivity index (χ1v) is 19.1. The number of benzene rings is 4. The molecule has 2 unspecified atom stereocenters. The molecule has 4 aromatic carbocycles. The highest BCUT2D eigenvalue weighted by molar-refractivity contribution is 7.80. The molecule has 0 amide bonds. The molecule has 0 saturated carbocycles. The topological polar surface area (TPSA) is 199 Å². The molecule has 2 N–H and O–H groups in total. The maximum Gasteiger partial charge on any atom is 0.338 e. The Morgan fingerprint density at radius 1 is 0.625 bits per heavy atom. The molecular weight excluding hydrogens is 781 g/mol. The van der Waals surface area contributed by atoms with Crippen molar-refractivity contribution in [2.75, 3.05) is 48.1 Å². The Hall–Kier alpha value is -5.22. The minimum absolute atomic E-state index is 0.0519. The predicted molar refractivity (Wildman–Crippen MR) is 194 cm³/mol. The van der Waals surface area contributed by atoms with Gasteiger partial charge in [0.25, 0.3) is 0 Å². The Bertz CT molecular complexity index is 1990. The number of rotatable bonds is 16. The van der Waals surface area contributed by atoms with E-state index in [9.17, 15) is 46.1 Å². The van der Waals surface area contributed by atoms with Gasteiger partial charge in [-0.15, -0.1) is 0 Å². The van der Waals surface area contributed by atoms with Crippen molar-refractivity contribution >= 4 is 45.8 Å². The van der Waals surface area contributed by atoms with Gasteiger partial charge >= 0.3 is 11.9 Å². The van der Waals surface area contributed by atoms with Crippen LogP contribution in [0.15, 0.2) is 84.9 Å². The van der Waals surface area contributed by atoms with Crippen molar-refractivity contribution in [2.45, 2.75) is 24.9 Å². The lowest BCUT2D eigenvalue weighted by Gasteiger charge is -2.46. The summed E-state index contributed by atoms with van der Waals surface area (Å²) in [5, 5.41) is 22.8. The summed E-state index contributed by atoms with van der Waals surface area (Å²) in [6, 6.07) is 19.3. The number of hydrazine groups is 2. The first-order valence-electron chi connectivity index (χ1n) is 17.1. The van der Waals surface area contributed by atoms with Gasteiger partial charge in [0, 0.05) is 19.6 Å². The molecule has 0 aliphatic carbocycles. The van der Waals surface area contributed by atoms with Gasteiger partial charge in [0.15, 0.2) is 0 Å². The second-order valence-corrected chi connectivity index (χ2v) is 14.7. The Kier molecular flexibility index (Phi) is 11.5. The molecule has 0 bridgehead atoms. The van der Waals surface area contributed by atoms with Gasteiger partial charge in [0.1, 0.15) is 47.2 Å². The maximum absolute atomic E-state index is 13.2. The quantitative estimate of drug-likeness (QED) is 0.156. The predicted octanol–water partition coefficient (Wildman–Crippen LogP) is 3.18. The Morgan fingerprint density at radius 2 is 1.02 bits per heavy atom. The van der Waals surface area contributed by atoms with Crippen molar-refractivity contribution < 1.29 is 60.3 Å². The van der Waals surface area contributed by atoms with E-state index in [4.69, 9.17) is 14.2 Å². The first kappa shape index (κ1) is 39.0. The van der Waals surface area contributed by atoms with E-state index in [2.05, 4.69) is 0 Å². The van der Waals surface area contributed by atoms with Crippen LogP contribution < -0.4 is 23.0 Å². The average Bonchev–Trinajstić information content (AvgIpc) is 3.10. The van der Waals surface area contributed by atoms with Crippen LogP contribution in [0.25, 0.3) is 0 Å². The largest absolute Gasteiger partial charge is 0.754 e. The number of halogens is 2. The van der Waals surface area contributed by atoms with Crippen molar-refractivity contribution in [1.82, 2.24) is 14.9 Å². The van der Waals surface area contributed by atoms with Gasteiger partial charge in [0.05, 0.1) is 71.2 Å². The lowest BCUT2D eigenvalue weighted by molar-refractivity contribution is 0.0143. The molecule has 2 atom stereocenters. The van der Waals surface area contributed by atoms with Crippen LogP contribution in [-0.4, -0.2) is 112 Å². The molecular formula is C36H33F2N5O11S2-2. The Labute approximate surface area is 323 Å². The Morgan fingerprint density at radius 3 is 1.46 bits per heavy atom. The van der Waals surface area contributed by atoms with E-state index in [1.54, 1.807) is 6.07 Å². The first-order chi connectivity index (χ1) is 26.8. The summed E-state index contributed by atoms with van der Waals surface area (Å²) in [7, 11) is 0. The van der Waals surface area contributed by atoms with E-state index in [1.807, 2.05) is 4.90 Å². The third kappa shape index (κ3) is 8.76. The van der Waals surface area contributed by atoms with Crippen LogP contribution >= 0.6 is 0 Å². The molecule has 4 aromatic rings. The molecule has 3 fully saturated rings. The third-order valence-electron chi connectivity index (χ3n) is 9.22. The van der Waals surface area contributed by atoms with E-state index in [1.165, 1.54) is 88.9 Å². The number of anilines is 2. The van der Waals surface area contributed by atoms with E-state index in [0.29, 0.717) is 36.7 Å². The van der Waals surface area contributed by atoms with Crippen LogP contribution in [0.3, 0.4) is 0 Å². The molecule has 20 heteroatoms. The van der Waals surface area contributed by atoms with Crippen LogP contribution in [0.2, 0.25) is 0 Å². The summed E-state index contributed by atoms with van der Waals surface area (Å²) in [5.41, 5.74) is -0.0931. The molecule has 3 aliphatic rings. The molecule has 56 heavy (non-hydrogen) atoms. The van der Waals surface area contributed by atoms with Gasteiger partial charge in [-0.3, -0.25) is 13.3 Å². The monoisotopic (exact) mass is 813 g/mol. The van der Waals surface area contributed by atoms with Gasteiger partial charge < -0.3 is 33.5 Å². The summed E-state index contributed by atoms with van der Waals surface area (Å²) in [6.07, 6.45) is -1.17. The zero-order valence-electron chi connectivity index (χ0n) is 29.1. The number of carboxylic acid groups (broad SMARTS) is 2. The molecule has 3 heterocycles. The van der Waals surface area contributed by atoms with Crippen LogP contribution in [0.4, 0.5) is 20.2 Å². The minimum Gasteiger partial charge on any atom is -0.754 e. The number of hydrogen-bond acceptors (Lipinski definition) is 12. The summed E-state index contributed by atoms with van der Waals surface area (Å²) >= 11 is -5.72. The van der Waals surface area contributed by atoms with Crippen molar-refractivity contribution in [2.24, 2.45) is 0 Å². The fraction of sp³-hybridized carbons (Fsp3) is 0.278. The second-order valence-electron chi connectivity index (χ2n) is 13.2. The van der Waals surface area contributed by atoms with Crippen molar-refractivity contribution in [1.29, 1.82) is 0 Å². The highest BCUT2D eigenvalue weighted by atomic mass is 32.2. The summed E-state index contributed by atoms with van der Waals surface area (Å²) < 4.78 is 94.8. The number of hydrogen-bond donors (Lipinski definition) is 2. The van der Waals surface area contributed by atoms with Crippen molar-refractivity contribution in [3.63, 3.8) is 0 Å². The highest BCUT2D eigenvalue weighted by Crippen LogP contribution is 2.33. The zero-order valence-corrected chi connectivity index (χ0v) is 30.8. The molecule has 7 rings (SSSR count). The summed E-state index contributed by atoms with van der Waals surface area (Å²) in [5.74, 6) is -2.53.